The second kappa shape index (κ2) is 10.5. The van der Waals surface area contributed by atoms with E-state index in [0.717, 1.165) is 24.3 Å². The van der Waals surface area contributed by atoms with Gasteiger partial charge in [0, 0.05) is 40.9 Å². The minimum absolute atomic E-state index is 0.0312. The molecule has 0 saturated carbocycles. The van der Waals surface area contributed by atoms with Crippen LogP contribution < -0.4 is 14.5 Å². The molecule has 1 amide bonds. The summed E-state index contributed by atoms with van der Waals surface area (Å²) in [5, 5.41) is 12.1. The molecule has 1 atom stereocenters. The number of rotatable bonds is 8. The second-order valence-electron chi connectivity index (χ2n) is 9.41. The molecule has 7 nitrogen and oxygen atoms in total. The number of furan rings is 1. The first-order valence-corrected chi connectivity index (χ1v) is 13.1. The average Bonchev–Trinajstić information content (AvgIpc) is 3.47. The van der Waals surface area contributed by atoms with Gasteiger partial charge in [0.2, 0.25) is 5.78 Å². The number of carbonyl (C=O) groups excluding carboxylic acids is 2. The Hall–Kier alpha value is -4.23. The van der Waals surface area contributed by atoms with E-state index in [-0.39, 0.29) is 11.3 Å². The molecule has 0 fully saturated rings. The first-order valence-electron chi connectivity index (χ1n) is 12.8. The number of anilines is 2. The lowest BCUT2D eigenvalue weighted by Crippen LogP contribution is -2.31. The number of aryl methyl sites for hydroxylation is 1. The van der Waals surface area contributed by atoms with Crippen molar-refractivity contribution in [1.29, 1.82) is 0 Å². The number of amides is 1. The highest BCUT2D eigenvalue weighted by atomic mass is 35.5. The van der Waals surface area contributed by atoms with E-state index < -0.39 is 23.5 Å². The smallest absolute Gasteiger partial charge is 0.294 e. The van der Waals surface area contributed by atoms with Gasteiger partial charge in [0.1, 0.15) is 0 Å². The summed E-state index contributed by atoms with van der Waals surface area (Å²) in [5.74, 6) is -1.51. The molecule has 2 heterocycles. The first kappa shape index (κ1) is 26.4. The van der Waals surface area contributed by atoms with Crippen molar-refractivity contribution in [2.45, 2.75) is 26.8 Å². The third-order valence-corrected chi connectivity index (χ3v) is 7.28. The van der Waals surface area contributed by atoms with Crippen molar-refractivity contribution >= 4 is 45.6 Å². The van der Waals surface area contributed by atoms with Crippen LogP contribution in [0, 0.1) is 6.92 Å². The molecule has 5 rings (SSSR count). The maximum absolute atomic E-state index is 14.0. The van der Waals surface area contributed by atoms with Gasteiger partial charge in [0.25, 0.3) is 5.91 Å². The third-order valence-electron chi connectivity index (χ3n) is 7.06. The number of nitrogens with zero attached hydrogens (tertiary/aromatic N) is 2. The van der Waals surface area contributed by atoms with Gasteiger partial charge in [-0.05, 0) is 62.7 Å². The molecular weight excluding hydrogens is 516 g/mol. The summed E-state index contributed by atoms with van der Waals surface area (Å²) in [6.07, 6.45) is 0. The highest BCUT2D eigenvalue weighted by molar-refractivity contribution is 6.31. The van der Waals surface area contributed by atoms with Crippen LogP contribution in [0.2, 0.25) is 5.02 Å². The molecule has 1 unspecified atom stereocenters. The van der Waals surface area contributed by atoms with E-state index in [1.54, 1.807) is 18.2 Å². The number of benzene rings is 3. The molecule has 0 bridgehead atoms. The van der Waals surface area contributed by atoms with Crippen molar-refractivity contribution in [2.75, 3.05) is 30.0 Å². The van der Waals surface area contributed by atoms with Crippen LogP contribution in [-0.2, 0) is 4.79 Å². The second-order valence-corrected chi connectivity index (χ2v) is 9.85. The minimum atomic E-state index is -0.858. The van der Waals surface area contributed by atoms with E-state index in [0.29, 0.717) is 33.0 Å². The van der Waals surface area contributed by atoms with Crippen molar-refractivity contribution < 1.29 is 23.8 Å². The number of hydrogen-bond acceptors (Lipinski definition) is 6. The molecule has 3 aromatic carbocycles. The van der Waals surface area contributed by atoms with Crippen LogP contribution in [-0.4, -0.2) is 37.0 Å². The molecule has 200 valence electrons. The number of carbonyl (C=O) groups is 2. The van der Waals surface area contributed by atoms with Crippen LogP contribution in [0.1, 0.15) is 41.6 Å². The van der Waals surface area contributed by atoms with Gasteiger partial charge in [0.05, 0.1) is 18.7 Å². The van der Waals surface area contributed by atoms with Gasteiger partial charge in [-0.15, -0.1) is 0 Å². The van der Waals surface area contributed by atoms with Gasteiger partial charge in [-0.2, -0.15) is 0 Å². The van der Waals surface area contributed by atoms with Gasteiger partial charge < -0.3 is 19.2 Å². The lowest BCUT2D eigenvalue weighted by atomic mass is 9.94. The van der Waals surface area contributed by atoms with Crippen LogP contribution in [0.4, 0.5) is 11.4 Å². The molecule has 0 saturated heterocycles. The summed E-state index contributed by atoms with van der Waals surface area (Å²) in [7, 11) is 1.48. The van der Waals surface area contributed by atoms with Crippen LogP contribution in [0.3, 0.4) is 0 Å². The van der Waals surface area contributed by atoms with E-state index >= 15 is 0 Å². The van der Waals surface area contributed by atoms with Gasteiger partial charge in [-0.1, -0.05) is 41.4 Å². The Morgan fingerprint density at radius 3 is 2.44 bits per heavy atom. The fourth-order valence-electron chi connectivity index (χ4n) is 5.15. The molecule has 1 aliphatic heterocycles. The molecule has 0 aliphatic carbocycles. The lowest BCUT2D eigenvalue weighted by Gasteiger charge is -2.28. The summed E-state index contributed by atoms with van der Waals surface area (Å²) in [6, 6.07) is 19.0. The predicted molar refractivity (Wildman–Crippen MR) is 153 cm³/mol. The average molecular weight is 545 g/mol. The number of fused-ring (bicyclic) bond motifs is 1. The Labute approximate surface area is 231 Å². The van der Waals surface area contributed by atoms with Crippen molar-refractivity contribution in [1.82, 2.24) is 0 Å². The standard InChI is InChI=1S/C31H29ClN2O5/c1-5-33(6-2)22-10-12-23(13-11-22)34-27(19-9-7-8-18(3)14-19)26(29(36)31(34)37)28(35)24-16-20-15-21(32)17-25(38-4)30(20)39-24/h7-17,27,36H,5-6H2,1-4H3. The summed E-state index contributed by atoms with van der Waals surface area (Å²) < 4.78 is 11.3. The fourth-order valence-corrected chi connectivity index (χ4v) is 5.37. The third kappa shape index (κ3) is 4.63. The lowest BCUT2D eigenvalue weighted by molar-refractivity contribution is -0.117. The summed E-state index contributed by atoms with van der Waals surface area (Å²) in [6.45, 7) is 7.79. The molecule has 1 aromatic heterocycles. The highest BCUT2D eigenvalue weighted by Crippen LogP contribution is 2.43. The number of ketones is 1. The SMILES string of the molecule is CCN(CC)c1ccc(N2C(=O)C(O)=C(C(=O)c3cc4cc(Cl)cc(OC)c4o3)C2c2cccc(C)c2)cc1. The normalized spacial score (nSPS) is 15.4. The van der Waals surface area contributed by atoms with Crippen LogP contribution >= 0.6 is 11.6 Å². The highest BCUT2D eigenvalue weighted by Gasteiger charge is 2.45. The Balaban J connectivity index is 1.62. The van der Waals surface area contributed by atoms with Crippen molar-refractivity contribution in [3.8, 4) is 5.75 Å². The van der Waals surface area contributed by atoms with Crippen LogP contribution in [0.15, 0.2) is 82.5 Å². The molecule has 0 spiro atoms. The predicted octanol–water partition coefficient (Wildman–Crippen LogP) is 7.03. The zero-order valence-corrected chi connectivity index (χ0v) is 23.0. The Morgan fingerprint density at radius 2 is 1.79 bits per heavy atom. The number of hydrogen-bond donors (Lipinski definition) is 1. The Kier molecular flexibility index (Phi) is 7.10. The first-order chi connectivity index (χ1) is 18.8. The largest absolute Gasteiger partial charge is 0.503 e. The van der Waals surface area contributed by atoms with Crippen LogP contribution in [0.5, 0.6) is 5.75 Å². The summed E-state index contributed by atoms with van der Waals surface area (Å²) >= 11 is 6.20. The Morgan fingerprint density at radius 1 is 1.08 bits per heavy atom. The van der Waals surface area contributed by atoms with Crippen molar-refractivity contribution in [3.63, 3.8) is 0 Å². The van der Waals surface area contributed by atoms with E-state index in [1.807, 2.05) is 55.5 Å². The van der Waals surface area contributed by atoms with Gasteiger partial charge in [-0.25, -0.2) is 0 Å². The summed E-state index contributed by atoms with van der Waals surface area (Å²) in [4.78, 5) is 31.2. The molecule has 8 heteroatoms. The van der Waals surface area contributed by atoms with E-state index in [2.05, 4.69) is 18.7 Å². The van der Waals surface area contributed by atoms with Crippen molar-refractivity contribution in [3.05, 3.63) is 100.0 Å². The number of aliphatic hydroxyl groups is 1. The monoisotopic (exact) mass is 544 g/mol. The molecule has 0 radical (unpaired) electrons. The topological polar surface area (TPSA) is 83.2 Å². The number of ether oxygens (including phenoxy) is 1. The van der Waals surface area contributed by atoms with Crippen LogP contribution in [0.25, 0.3) is 11.0 Å². The van der Waals surface area contributed by atoms with E-state index in [9.17, 15) is 14.7 Å². The number of halogens is 1. The summed E-state index contributed by atoms with van der Waals surface area (Å²) in [5.41, 5.74) is 3.53. The number of aliphatic hydroxyl groups excluding tert-OH is 1. The van der Waals surface area contributed by atoms with Gasteiger partial charge in [0.15, 0.2) is 22.9 Å². The van der Waals surface area contributed by atoms with Gasteiger partial charge >= 0.3 is 0 Å². The molecular formula is C31H29ClN2O5. The van der Waals surface area contributed by atoms with E-state index in [1.165, 1.54) is 12.0 Å². The maximum Gasteiger partial charge on any atom is 0.294 e. The van der Waals surface area contributed by atoms with Gasteiger partial charge in [-0.3, -0.25) is 14.5 Å². The molecule has 1 N–H and O–H groups in total. The molecule has 4 aromatic rings. The zero-order valence-electron chi connectivity index (χ0n) is 22.2. The molecule has 39 heavy (non-hydrogen) atoms. The fraction of sp³-hybridized carbons (Fsp3) is 0.226. The minimum Gasteiger partial charge on any atom is -0.503 e. The molecule has 1 aliphatic rings. The van der Waals surface area contributed by atoms with E-state index in [4.69, 9.17) is 20.8 Å². The van der Waals surface area contributed by atoms with Crippen molar-refractivity contribution in [2.24, 2.45) is 0 Å². The maximum atomic E-state index is 14.0. The number of Topliss-reactive ketones (excluding diaryl/α,β-unsaturated/α-hetero) is 1. The zero-order chi connectivity index (χ0) is 27.8. The Bertz CT molecular complexity index is 1600. The quantitative estimate of drug-likeness (QED) is 0.240. The number of methoxy groups -OCH3 is 1.